The molecule has 26 heavy (non-hydrogen) atoms. The molecule has 0 bridgehead atoms. The second kappa shape index (κ2) is 7.66. The highest BCUT2D eigenvalue weighted by molar-refractivity contribution is 7.15. The van der Waals surface area contributed by atoms with Gasteiger partial charge in [-0.3, -0.25) is 0 Å². The van der Waals surface area contributed by atoms with E-state index in [0.717, 1.165) is 28.8 Å². The molecule has 4 nitrogen and oxygen atoms in total. The maximum atomic E-state index is 13.0. The first kappa shape index (κ1) is 16.7. The number of anilines is 2. The molecule has 132 valence electrons. The maximum Gasteiger partial charge on any atom is 0.205 e. The number of hydrogen-bond acceptors (Lipinski definition) is 5. The molecule has 1 N–H and O–H groups in total. The van der Waals surface area contributed by atoms with Crippen LogP contribution in [0.5, 0.6) is 0 Å². The molecule has 4 rings (SSSR count). The molecule has 0 unspecified atom stereocenters. The van der Waals surface area contributed by atoms with Gasteiger partial charge in [0.2, 0.25) is 5.13 Å². The van der Waals surface area contributed by atoms with Crippen molar-refractivity contribution in [2.75, 3.05) is 23.3 Å². The van der Waals surface area contributed by atoms with E-state index < -0.39 is 0 Å². The molecule has 2 heterocycles. The Hall–Kier alpha value is -2.73. The molecule has 0 aliphatic carbocycles. The van der Waals surface area contributed by atoms with E-state index in [4.69, 9.17) is 0 Å². The van der Waals surface area contributed by atoms with Crippen molar-refractivity contribution in [3.8, 4) is 0 Å². The minimum absolute atomic E-state index is 0.222. The van der Waals surface area contributed by atoms with Gasteiger partial charge in [-0.1, -0.05) is 47.8 Å². The first-order valence-electron chi connectivity index (χ1n) is 8.56. The van der Waals surface area contributed by atoms with E-state index >= 15 is 0 Å². The maximum absolute atomic E-state index is 13.0. The second-order valence-electron chi connectivity index (χ2n) is 6.20. The number of nitrogens with zero attached hydrogens (tertiary/aromatic N) is 3. The van der Waals surface area contributed by atoms with E-state index in [9.17, 15) is 4.39 Å². The summed E-state index contributed by atoms with van der Waals surface area (Å²) in [6, 6.07) is 15.1. The molecule has 1 aromatic heterocycles. The van der Waals surface area contributed by atoms with Crippen LogP contribution in [0.4, 0.5) is 15.2 Å². The van der Waals surface area contributed by atoms with Crippen LogP contribution in [0, 0.1) is 5.82 Å². The van der Waals surface area contributed by atoms with Gasteiger partial charge in [0, 0.05) is 31.7 Å². The Bertz CT molecular complexity index is 879. The van der Waals surface area contributed by atoms with Gasteiger partial charge in [-0.15, -0.1) is 10.2 Å². The molecule has 0 amide bonds. The molecule has 0 atom stereocenters. The number of aromatic nitrogens is 2. The van der Waals surface area contributed by atoms with Gasteiger partial charge in [0.05, 0.1) is 0 Å². The average Bonchev–Trinajstić information content (AvgIpc) is 3.35. The van der Waals surface area contributed by atoms with Gasteiger partial charge >= 0.3 is 0 Å². The normalized spacial score (nSPS) is 13.3. The summed E-state index contributed by atoms with van der Waals surface area (Å²) in [7, 11) is 0. The minimum atomic E-state index is -0.222. The van der Waals surface area contributed by atoms with E-state index in [1.807, 2.05) is 0 Å². The third-order valence-electron chi connectivity index (χ3n) is 4.30. The highest BCUT2D eigenvalue weighted by Crippen LogP contribution is 2.21. The summed E-state index contributed by atoms with van der Waals surface area (Å²) in [6.45, 7) is 2.68. The third-order valence-corrected chi connectivity index (χ3v) is 5.18. The molecule has 1 aliphatic rings. The van der Waals surface area contributed by atoms with Crippen LogP contribution in [0.15, 0.2) is 60.7 Å². The fourth-order valence-electron chi connectivity index (χ4n) is 2.86. The number of nitrogens with one attached hydrogen (secondary N) is 1. The lowest BCUT2D eigenvalue weighted by atomic mass is 10.2. The minimum Gasteiger partial charge on any atom is -0.364 e. The van der Waals surface area contributed by atoms with Gasteiger partial charge in [0.25, 0.3) is 0 Å². The van der Waals surface area contributed by atoms with Gasteiger partial charge in [0.15, 0.2) is 0 Å². The monoisotopic (exact) mass is 366 g/mol. The molecule has 1 aliphatic heterocycles. The fraction of sp³-hybridized carbons (Fsp3) is 0.200. The van der Waals surface area contributed by atoms with E-state index in [1.54, 1.807) is 12.1 Å². The van der Waals surface area contributed by atoms with Gasteiger partial charge < -0.3 is 10.2 Å². The number of halogens is 1. The molecule has 0 radical (unpaired) electrons. The zero-order chi connectivity index (χ0) is 17.8. The first-order valence-corrected chi connectivity index (χ1v) is 9.37. The Morgan fingerprint density at radius 1 is 0.923 bits per heavy atom. The van der Waals surface area contributed by atoms with Crippen LogP contribution < -0.4 is 10.2 Å². The molecule has 6 heteroatoms. The van der Waals surface area contributed by atoms with Crippen molar-refractivity contribution in [3.05, 3.63) is 82.6 Å². The molecular formula is C20H19FN4S. The molecule has 0 saturated heterocycles. The van der Waals surface area contributed by atoms with Crippen LogP contribution in [0.2, 0.25) is 0 Å². The van der Waals surface area contributed by atoms with Crippen LogP contribution in [0.1, 0.15) is 16.1 Å². The van der Waals surface area contributed by atoms with Crippen LogP contribution in [0.3, 0.4) is 0 Å². The fourth-order valence-corrected chi connectivity index (χ4v) is 3.63. The molecular weight excluding hydrogens is 347 g/mol. The lowest BCUT2D eigenvalue weighted by Gasteiger charge is -2.17. The van der Waals surface area contributed by atoms with Crippen molar-refractivity contribution in [1.29, 1.82) is 0 Å². The van der Waals surface area contributed by atoms with E-state index in [-0.39, 0.29) is 5.82 Å². The van der Waals surface area contributed by atoms with Gasteiger partial charge in [-0.25, -0.2) is 4.39 Å². The van der Waals surface area contributed by atoms with Crippen molar-refractivity contribution < 1.29 is 4.39 Å². The average molecular weight is 366 g/mol. The van der Waals surface area contributed by atoms with Crippen LogP contribution >= 0.6 is 11.3 Å². The highest BCUT2D eigenvalue weighted by Gasteiger charge is 2.08. The third kappa shape index (κ3) is 4.08. The zero-order valence-corrected chi connectivity index (χ0v) is 15.0. The summed E-state index contributed by atoms with van der Waals surface area (Å²) in [5.41, 5.74) is 3.48. The van der Waals surface area contributed by atoms with Gasteiger partial charge in [-0.05, 0) is 35.4 Å². The number of hydrogen-bond donors (Lipinski definition) is 1. The summed E-state index contributed by atoms with van der Waals surface area (Å²) in [5.74, 6) is -0.222. The Morgan fingerprint density at radius 3 is 2.35 bits per heavy atom. The second-order valence-corrected chi connectivity index (χ2v) is 7.26. The SMILES string of the molecule is Fc1ccc(Cc2nnc(NCc3ccc(N4CC=CC4)cc3)s2)cc1. The Labute approximate surface area is 156 Å². The van der Waals surface area contributed by atoms with Crippen LogP contribution in [0.25, 0.3) is 0 Å². The highest BCUT2D eigenvalue weighted by atomic mass is 32.1. The predicted molar refractivity (Wildman–Crippen MR) is 104 cm³/mol. The van der Waals surface area contributed by atoms with Crippen LogP contribution in [-0.4, -0.2) is 23.3 Å². The van der Waals surface area contributed by atoms with Crippen molar-refractivity contribution in [3.63, 3.8) is 0 Å². The van der Waals surface area contributed by atoms with Crippen molar-refractivity contribution in [2.24, 2.45) is 0 Å². The summed E-state index contributed by atoms with van der Waals surface area (Å²) >= 11 is 1.53. The standard InChI is InChI=1S/C20H19FN4S/c21-17-7-3-15(4-8-17)13-19-23-24-20(26-19)22-14-16-5-9-18(10-6-16)25-11-1-2-12-25/h1-10H,11-14H2,(H,22,24). The van der Waals surface area contributed by atoms with E-state index in [1.165, 1.54) is 34.7 Å². The topological polar surface area (TPSA) is 41.1 Å². The lowest BCUT2D eigenvalue weighted by molar-refractivity contribution is 0.627. The zero-order valence-electron chi connectivity index (χ0n) is 14.2. The largest absolute Gasteiger partial charge is 0.364 e. The Kier molecular flexibility index (Phi) is 4.93. The molecule has 3 aromatic rings. The summed E-state index contributed by atoms with van der Waals surface area (Å²) in [6.07, 6.45) is 5.04. The van der Waals surface area contributed by atoms with Crippen molar-refractivity contribution in [2.45, 2.75) is 13.0 Å². The van der Waals surface area contributed by atoms with Crippen molar-refractivity contribution >= 4 is 22.2 Å². The van der Waals surface area contributed by atoms with Gasteiger partial charge in [-0.2, -0.15) is 0 Å². The molecule has 2 aromatic carbocycles. The summed E-state index contributed by atoms with van der Waals surface area (Å²) in [4.78, 5) is 2.32. The number of benzene rings is 2. The molecule has 0 saturated carbocycles. The predicted octanol–water partition coefficient (Wildman–Crippen LogP) is 4.26. The Balaban J connectivity index is 1.32. The van der Waals surface area contributed by atoms with E-state index in [0.29, 0.717) is 13.0 Å². The summed E-state index contributed by atoms with van der Waals surface area (Å²) in [5, 5.41) is 13.4. The smallest absolute Gasteiger partial charge is 0.205 e. The van der Waals surface area contributed by atoms with Crippen LogP contribution in [-0.2, 0) is 13.0 Å². The Morgan fingerprint density at radius 2 is 1.62 bits per heavy atom. The molecule has 0 spiro atoms. The quantitative estimate of drug-likeness (QED) is 0.662. The van der Waals surface area contributed by atoms with Crippen molar-refractivity contribution in [1.82, 2.24) is 10.2 Å². The van der Waals surface area contributed by atoms with E-state index in [2.05, 4.69) is 56.8 Å². The first-order chi connectivity index (χ1) is 12.8. The molecule has 0 fully saturated rings. The van der Waals surface area contributed by atoms with Gasteiger partial charge in [0.1, 0.15) is 10.8 Å². The lowest BCUT2D eigenvalue weighted by Crippen LogP contribution is -2.18. The summed E-state index contributed by atoms with van der Waals surface area (Å²) < 4.78 is 13.0. The number of rotatable bonds is 6.